The van der Waals surface area contributed by atoms with Crippen molar-refractivity contribution >= 4 is 28.3 Å². The Morgan fingerprint density at radius 2 is 2.18 bits per heavy atom. The number of nitrogens with zero attached hydrogens (tertiary/aromatic N) is 3. The number of piperidine rings is 1. The monoisotopic (exact) mass is 318 g/mol. The van der Waals surface area contributed by atoms with Gasteiger partial charge in [-0.25, -0.2) is 4.99 Å². The average Bonchev–Trinajstić information content (AvgIpc) is 2.55. The summed E-state index contributed by atoms with van der Waals surface area (Å²) in [7, 11) is 1.65. The highest BCUT2D eigenvalue weighted by Crippen LogP contribution is 2.34. The second-order valence-electron chi connectivity index (χ2n) is 5.38. The number of methoxy groups -OCH3 is 1. The van der Waals surface area contributed by atoms with Crippen molar-refractivity contribution in [1.82, 2.24) is 5.32 Å². The van der Waals surface area contributed by atoms with Gasteiger partial charge in [-0.3, -0.25) is 5.32 Å². The maximum atomic E-state index is 8.71. The molecule has 0 spiro atoms. The fourth-order valence-electron chi connectivity index (χ4n) is 2.50. The zero-order chi connectivity index (χ0) is 15.9. The van der Waals surface area contributed by atoms with E-state index in [1.807, 2.05) is 24.6 Å². The molecule has 1 aliphatic heterocycles. The third-order valence-electron chi connectivity index (χ3n) is 3.89. The first-order chi connectivity index (χ1) is 10.7. The van der Waals surface area contributed by atoms with Crippen molar-refractivity contribution in [3.8, 4) is 11.9 Å². The molecule has 22 heavy (non-hydrogen) atoms. The van der Waals surface area contributed by atoms with Crippen molar-refractivity contribution in [3.05, 3.63) is 18.2 Å². The molecule has 0 unspecified atom stereocenters. The average molecular weight is 318 g/mol. The molecule has 2 rings (SSSR count). The van der Waals surface area contributed by atoms with Crippen molar-refractivity contribution in [2.75, 3.05) is 31.4 Å². The fourth-order valence-corrected chi connectivity index (χ4v) is 2.84. The number of thioether (sulfide) groups is 1. The zero-order valence-electron chi connectivity index (χ0n) is 13.3. The summed E-state index contributed by atoms with van der Waals surface area (Å²) < 4.78 is 5.47. The molecular formula is C16H22N4OS. The largest absolute Gasteiger partial charge is 0.494 e. The number of hydrogen-bond donors (Lipinski definition) is 1. The van der Waals surface area contributed by atoms with Crippen LogP contribution in [0.1, 0.15) is 19.8 Å². The number of nitriles is 1. The van der Waals surface area contributed by atoms with Crippen LogP contribution in [0.5, 0.6) is 5.75 Å². The van der Waals surface area contributed by atoms with Gasteiger partial charge in [-0.1, -0.05) is 18.7 Å². The molecule has 1 N–H and O–H groups in total. The van der Waals surface area contributed by atoms with Crippen LogP contribution >= 0.6 is 11.8 Å². The van der Waals surface area contributed by atoms with Crippen molar-refractivity contribution in [1.29, 1.82) is 5.26 Å². The second-order valence-corrected chi connectivity index (χ2v) is 6.18. The molecule has 0 aromatic heterocycles. The fraction of sp³-hybridized carbons (Fsp3) is 0.500. The maximum absolute atomic E-state index is 8.71. The molecule has 1 aromatic rings. The van der Waals surface area contributed by atoms with Gasteiger partial charge in [0.2, 0.25) is 0 Å². The van der Waals surface area contributed by atoms with Crippen LogP contribution in [0.25, 0.3) is 0 Å². The number of ether oxygens (including phenoxy) is 1. The number of hydrogen-bond acceptors (Lipinski definition) is 5. The first-order valence-corrected chi connectivity index (χ1v) is 8.61. The van der Waals surface area contributed by atoms with E-state index < -0.39 is 0 Å². The molecule has 1 saturated heterocycles. The lowest BCUT2D eigenvalue weighted by Crippen LogP contribution is -2.32. The van der Waals surface area contributed by atoms with Crippen LogP contribution in [0.3, 0.4) is 0 Å². The van der Waals surface area contributed by atoms with Crippen LogP contribution in [0.2, 0.25) is 0 Å². The number of nitrogens with one attached hydrogen (secondary N) is 1. The summed E-state index contributed by atoms with van der Waals surface area (Å²) in [6.07, 6.45) is 6.22. The van der Waals surface area contributed by atoms with E-state index in [0.29, 0.717) is 5.17 Å². The smallest absolute Gasteiger partial charge is 0.183 e. The predicted octanol–water partition coefficient (Wildman–Crippen LogP) is 3.35. The van der Waals surface area contributed by atoms with Gasteiger partial charge in [-0.15, -0.1) is 0 Å². The summed E-state index contributed by atoms with van der Waals surface area (Å²) in [5, 5.41) is 11.8. The van der Waals surface area contributed by atoms with Gasteiger partial charge < -0.3 is 9.64 Å². The number of amidine groups is 1. The minimum Gasteiger partial charge on any atom is -0.494 e. The standard InChI is InChI=1S/C16H22N4OS/c1-12-6-8-20(9-7-12)13-4-5-14(15(10-13)21-2)19-16(22-3)18-11-17/h4-5,10,12H,6-9H2,1-3H3,(H,18,19). The summed E-state index contributed by atoms with van der Waals surface area (Å²) >= 11 is 1.39. The Balaban J connectivity index is 2.22. The molecule has 1 aliphatic rings. The van der Waals surface area contributed by atoms with Gasteiger partial charge in [0, 0.05) is 24.8 Å². The van der Waals surface area contributed by atoms with Crippen LogP contribution in [0.4, 0.5) is 11.4 Å². The lowest BCUT2D eigenvalue weighted by molar-refractivity contribution is 0.414. The topological polar surface area (TPSA) is 60.6 Å². The number of rotatable bonds is 3. The van der Waals surface area contributed by atoms with E-state index in [0.717, 1.165) is 30.4 Å². The highest BCUT2D eigenvalue weighted by atomic mass is 32.2. The van der Waals surface area contributed by atoms with E-state index in [2.05, 4.69) is 28.2 Å². The maximum Gasteiger partial charge on any atom is 0.183 e. The summed E-state index contributed by atoms with van der Waals surface area (Å²) in [4.78, 5) is 6.83. The Morgan fingerprint density at radius 1 is 1.45 bits per heavy atom. The molecular weight excluding hydrogens is 296 g/mol. The summed E-state index contributed by atoms with van der Waals surface area (Å²) in [6, 6.07) is 6.04. The van der Waals surface area contributed by atoms with Crippen molar-refractivity contribution < 1.29 is 4.74 Å². The minimum atomic E-state index is 0.556. The molecule has 118 valence electrons. The molecule has 0 atom stereocenters. The van der Waals surface area contributed by atoms with Crippen LogP contribution in [-0.2, 0) is 0 Å². The van der Waals surface area contributed by atoms with E-state index in [1.165, 1.54) is 30.3 Å². The SMILES string of the molecule is COc1cc(N2CCC(C)CC2)ccc1N=C(NC#N)SC. The molecule has 5 nitrogen and oxygen atoms in total. The Morgan fingerprint density at radius 3 is 2.77 bits per heavy atom. The van der Waals surface area contributed by atoms with Gasteiger partial charge in [-0.05, 0) is 37.1 Å². The lowest BCUT2D eigenvalue weighted by atomic mass is 9.99. The first-order valence-electron chi connectivity index (χ1n) is 7.38. The first kappa shape index (κ1) is 16.5. The van der Waals surface area contributed by atoms with Crippen molar-refractivity contribution in [2.24, 2.45) is 10.9 Å². The molecule has 0 bridgehead atoms. The Hall–Kier alpha value is -1.87. The van der Waals surface area contributed by atoms with E-state index >= 15 is 0 Å². The van der Waals surface area contributed by atoms with Gasteiger partial charge >= 0.3 is 0 Å². The van der Waals surface area contributed by atoms with Gasteiger partial charge in [-0.2, -0.15) is 5.26 Å². The molecule has 1 aromatic carbocycles. The number of aliphatic imine (C=N–C) groups is 1. The van der Waals surface area contributed by atoms with E-state index in [9.17, 15) is 0 Å². The highest BCUT2D eigenvalue weighted by Gasteiger charge is 2.17. The highest BCUT2D eigenvalue weighted by molar-refractivity contribution is 8.13. The van der Waals surface area contributed by atoms with Gasteiger partial charge in [0.25, 0.3) is 0 Å². The molecule has 1 heterocycles. The third-order valence-corrected chi connectivity index (χ3v) is 4.47. The minimum absolute atomic E-state index is 0.556. The Kier molecular flexibility index (Phi) is 5.96. The van der Waals surface area contributed by atoms with Crippen LogP contribution in [0, 0.1) is 17.4 Å². The van der Waals surface area contributed by atoms with Gasteiger partial charge in [0.05, 0.1) is 7.11 Å². The Bertz CT molecular complexity index is 574. The van der Waals surface area contributed by atoms with Crippen LogP contribution < -0.4 is 15.0 Å². The second kappa shape index (κ2) is 7.95. The van der Waals surface area contributed by atoms with Crippen LogP contribution in [0.15, 0.2) is 23.2 Å². The molecule has 0 amide bonds. The molecule has 0 saturated carbocycles. The summed E-state index contributed by atoms with van der Waals surface area (Å²) in [5.74, 6) is 1.53. The zero-order valence-corrected chi connectivity index (χ0v) is 14.1. The molecule has 0 radical (unpaired) electrons. The molecule has 1 fully saturated rings. The normalized spacial score (nSPS) is 16.3. The van der Waals surface area contributed by atoms with Crippen molar-refractivity contribution in [2.45, 2.75) is 19.8 Å². The number of benzene rings is 1. The predicted molar refractivity (Wildman–Crippen MR) is 93.0 cm³/mol. The molecule has 0 aliphatic carbocycles. The quantitative estimate of drug-likeness (QED) is 0.401. The lowest BCUT2D eigenvalue weighted by Gasteiger charge is -2.32. The summed E-state index contributed by atoms with van der Waals surface area (Å²) in [5.41, 5.74) is 1.89. The summed E-state index contributed by atoms with van der Waals surface area (Å²) in [6.45, 7) is 4.47. The van der Waals surface area contributed by atoms with Crippen LogP contribution in [-0.4, -0.2) is 31.6 Å². The number of anilines is 1. The van der Waals surface area contributed by atoms with Gasteiger partial charge in [0.1, 0.15) is 11.4 Å². The third kappa shape index (κ3) is 4.08. The molecule has 6 heteroatoms. The van der Waals surface area contributed by atoms with E-state index in [4.69, 9.17) is 10.00 Å². The van der Waals surface area contributed by atoms with Crippen molar-refractivity contribution in [3.63, 3.8) is 0 Å². The van der Waals surface area contributed by atoms with E-state index in [-0.39, 0.29) is 0 Å². The Labute approximate surface area is 136 Å². The van der Waals surface area contributed by atoms with Gasteiger partial charge in [0.15, 0.2) is 11.4 Å². The van der Waals surface area contributed by atoms with E-state index in [1.54, 1.807) is 7.11 Å².